The molecular weight excluding hydrogens is 232 g/mol. The number of hydrogen-bond acceptors (Lipinski definition) is 3. The van der Waals surface area contributed by atoms with Crippen molar-refractivity contribution in [1.29, 1.82) is 0 Å². The van der Waals surface area contributed by atoms with Crippen LogP contribution in [0.5, 0.6) is 0 Å². The van der Waals surface area contributed by atoms with Gasteiger partial charge >= 0.3 is 0 Å². The highest BCUT2D eigenvalue weighted by atomic mass is 16.3. The Balaban J connectivity index is 2.15. The molecule has 0 bridgehead atoms. The van der Waals surface area contributed by atoms with Crippen LogP contribution in [-0.4, -0.2) is 29.3 Å². The molecule has 0 radical (unpaired) electrons. The summed E-state index contributed by atoms with van der Waals surface area (Å²) in [7, 11) is 0. The molecule has 1 aliphatic rings. The molecule has 1 aliphatic heterocycles. The van der Waals surface area contributed by atoms with Crippen LogP contribution in [-0.2, 0) is 16.1 Å². The lowest BCUT2D eigenvalue weighted by atomic mass is 9.85. The maximum absolute atomic E-state index is 12.3. The summed E-state index contributed by atoms with van der Waals surface area (Å²) in [6.45, 7) is 6.24. The van der Waals surface area contributed by atoms with Crippen LogP contribution in [0.4, 0.5) is 0 Å². The van der Waals surface area contributed by atoms with Gasteiger partial charge in [0.1, 0.15) is 18.3 Å². The normalized spacial score (nSPS) is 21.1. The molecule has 0 aromatic carbocycles. The summed E-state index contributed by atoms with van der Waals surface area (Å²) in [6.07, 6.45) is 1.56. The van der Waals surface area contributed by atoms with Crippen LogP contribution in [0.15, 0.2) is 22.8 Å². The molecule has 1 atom stereocenters. The Kier molecular flexibility index (Phi) is 3.15. The van der Waals surface area contributed by atoms with Gasteiger partial charge in [0.2, 0.25) is 11.8 Å². The molecule has 1 aromatic heterocycles. The largest absolute Gasteiger partial charge is 0.467 e. The second-order valence-corrected chi connectivity index (χ2v) is 5.64. The molecule has 1 unspecified atom stereocenters. The summed E-state index contributed by atoms with van der Waals surface area (Å²) in [5.41, 5.74) is -0.297. The van der Waals surface area contributed by atoms with Crippen LogP contribution in [0, 0.1) is 5.41 Å². The topological polar surface area (TPSA) is 62.6 Å². The van der Waals surface area contributed by atoms with E-state index in [0.29, 0.717) is 12.3 Å². The van der Waals surface area contributed by atoms with E-state index in [-0.39, 0.29) is 23.8 Å². The fourth-order valence-electron chi connectivity index (χ4n) is 2.01. The van der Waals surface area contributed by atoms with Crippen LogP contribution < -0.4 is 5.32 Å². The fraction of sp³-hybridized carbons (Fsp3) is 0.538. The van der Waals surface area contributed by atoms with E-state index in [2.05, 4.69) is 5.32 Å². The highest BCUT2D eigenvalue weighted by Crippen LogP contribution is 2.24. The number of furan rings is 1. The molecule has 0 spiro atoms. The average molecular weight is 250 g/mol. The Bertz CT molecular complexity index is 445. The molecule has 2 heterocycles. The first kappa shape index (κ1) is 12.7. The standard InChI is InChI=1S/C13H18N2O3/c1-13(2,3)11-12(17)15(8-10(16)14-11)7-9-5-4-6-18-9/h4-6,11H,7-8H2,1-3H3,(H,14,16). The lowest BCUT2D eigenvalue weighted by Gasteiger charge is -2.38. The second kappa shape index (κ2) is 4.48. The van der Waals surface area contributed by atoms with Crippen molar-refractivity contribution >= 4 is 11.8 Å². The van der Waals surface area contributed by atoms with Gasteiger partial charge in [0.15, 0.2) is 0 Å². The Labute approximate surface area is 106 Å². The van der Waals surface area contributed by atoms with Crippen LogP contribution >= 0.6 is 0 Å². The van der Waals surface area contributed by atoms with Crippen LogP contribution in [0.3, 0.4) is 0 Å². The summed E-state index contributed by atoms with van der Waals surface area (Å²) in [5.74, 6) is 0.505. The quantitative estimate of drug-likeness (QED) is 0.856. The van der Waals surface area contributed by atoms with Gasteiger partial charge in [0.25, 0.3) is 0 Å². The first-order valence-electron chi connectivity index (χ1n) is 5.98. The van der Waals surface area contributed by atoms with E-state index >= 15 is 0 Å². The zero-order valence-corrected chi connectivity index (χ0v) is 10.9. The number of piperazine rings is 1. The number of nitrogens with one attached hydrogen (secondary N) is 1. The maximum atomic E-state index is 12.3. The first-order chi connectivity index (χ1) is 8.38. The zero-order chi connectivity index (χ0) is 13.3. The monoisotopic (exact) mass is 250 g/mol. The van der Waals surface area contributed by atoms with E-state index in [1.54, 1.807) is 18.4 Å². The molecular formula is C13H18N2O3. The highest BCUT2D eigenvalue weighted by Gasteiger charge is 2.39. The van der Waals surface area contributed by atoms with E-state index in [1.807, 2.05) is 20.8 Å². The van der Waals surface area contributed by atoms with Crippen LogP contribution in [0.2, 0.25) is 0 Å². The van der Waals surface area contributed by atoms with Gasteiger partial charge in [-0.15, -0.1) is 0 Å². The van der Waals surface area contributed by atoms with E-state index in [1.165, 1.54) is 4.90 Å². The van der Waals surface area contributed by atoms with Gasteiger partial charge in [-0.3, -0.25) is 9.59 Å². The SMILES string of the molecule is CC(C)(C)C1NC(=O)CN(Cc2ccco2)C1=O. The van der Waals surface area contributed by atoms with Gasteiger partial charge < -0.3 is 14.6 Å². The lowest BCUT2D eigenvalue weighted by molar-refractivity contribution is -0.148. The summed E-state index contributed by atoms with van der Waals surface area (Å²) in [4.78, 5) is 25.5. The Morgan fingerprint density at radius 2 is 2.17 bits per heavy atom. The van der Waals surface area contributed by atoms with Gasteiger partial charge in [-0.2, -0.15) is 0 Å². The molecule has 1 saturated heterocycles. The van der Waals surface area contributed by atoms with Gasteiger partial charge in [0.05, 0.1) is 12.8 Å². The fourth-order valence-corrected chi connectivity index (χ4v) is 2.01. The third-order valence-corrected chi connectivity index (χ3v) is 2.99. The maximum Gasteiger partial charge on any atom is 0.246 e. The van der Waals surface area contributed by atoms with Crippen molar-refractivity contribution in [1.82, 2.24) is 10.2 Å². The molecule has 5 heteroatoms. The summed E-state index contributed by atoms with van der Waals surface area (Å²) in [5, 5.41) is 2.75. The van der Waals surface area contributed by atoms with Crippen molar-refractivity contribution in [2.45, 2.75) is 33.4 Å². The molecule has 0 saturated carbocycles. The van der Waals surface area contributed by atoms with E-state index in [9.17, 15) is 9.59 Å². The number of carbonyl (C=O) groups is 2. The minimum absolute atomic E-state index is 0.0569. The van der Waals surface area contributed by atoms with Crippen molar-refractivity contribution in [3.8, 4) is 0 Å². The molecule has 1 N–H and O–H groups in total. The second-order valence-electron chi connectivity index (χ2n) is 5.64. The molecule has 1 fully saturated rings. The first-order valence-corrected chi connectivity index (χ1v) is 5.98. The number of hydrogen-bond donors (Lipinski definition) is 1. The summed E-state index contributed by atoms with van der Waals surface area (Å²) < 4.78 is 5.22. The molecule has 2 amide bonds. The molecule has 18 heavy (non-hydrogen) atoms. The van der Waals surface area contributed by atoms with Crippen LogP contribution in [0.1, 0.15) is 26.5 Å². The van der Waals surface area contributed by atoms with Gasteiger partial charge in [-0.25, -0.2) is 0 Å². The van der Waals surface area contributed by atoms with Crippen molar-refractivity contribution in [3.05, 3.63) is 24.2 Å². The predicted molar refractivity (Wildman–Crippen MR) is 65.5 cm³/mol. The minimum atomic E-state index is -0.478. The molecule has 0 aliphatic carbocycles. The van der Waals surface area contributed by atoms with E-state index < -0.39 is 6.04 Å². The number of nitrogens with zero attached hydrogens (tertiary/aromatic N) is 1. The highest BCUT2D eigenvalue weighted by molar-refractivity contribution is 5.95. The Hall–Kier alpha value is -1.78. The molecule has 1 aromatic rings. The third kappa shape index (κ3) is 2.55. The molecule has 2 rings (SSSR count). The molecule has 5 nitrogen and oxygen atoms in total. The average Bonchev–Trinajstić information content (AvgIpc) is 2.74. The van der Waals surface area contributed by atoms with Crippen molar-refractivity contribution in [3.63, 3.8) is 0 Å². The van der Waals surface area contributed by atoms with Crippen molar-refractivity contribution < 1.29 is 14.0 Å². The predicted octanol–water partition coefficient (Wildman–Crippen LogP) is 1.15. The lowest BCUT2D eigenvalue weighted by Crippen LogP contribution is -2.61. The number of carbonyl (C=O) groups excluding carboxylic acids is 2. The Morgan fingerprint density at radius 3 is 2.72 bits per heavy atom. The zero-order valence-electron chi connectivity index (χ0n) is 10.9. The van der Waals surface area contributed by atoms with Gasteiger partial charge in [-0.05, 0) is 17.5 Å². The summed E-state index contributed by atoms with van der Waals surface area (Å²) >= 11 is 0. The molecule has 98 valence electrons. The van der Waals surface area contributed by atoms with Gasteiger partial charge in [0, 0.05) is 0 Å². The number of rotatable bonds is 2. The van der Waals surface area contributed by atoms with E-state index in [4.69, 9.17) is 4.42 Å². The van der Waals surface area contributed by atoms with E-state index in [0.717, 1.165) is 0 Å². The summed E-state index contributed by atoms with van der Waals surface area (Å²) in [6, 6.07) is 3.09. The van der Waals surface area contributed by atoms with Crippen molar-refractivity contribution in [2.24, 2.45) is 5.41 Å². The van der Waals surface area contributed by atoms with Gasteiger partial charge in [-0.1, -0.05) is 20.8 Å². The third-order valence-electron chi connectivity index (χ3n) is 2.99. The number of amides is 2. The smallest absolute Gasteiger partial charge is 0.246 e. The Morgan fingerprint density at radius 1 is 1.44 bits per heavy atom. The minimum Gasteiger partial charge on any atom is -0.467 e. The van der Waals surface area contributed by atoms with Crippen LogP contribution in [0.25, 0.3) is 0 Å². The van der Waals surface area contributed by atoms with Crippen molar-refractivity contribution in [2.75, 3.05) is 6.54 Å².